The van der Waals surface area contributed by atoms with Crippen molar-refractivity contribution >= 4 is 11.5 Å². The van der Waals surface area contributed by atoms with Crippen molar-refractivity contribution in [3.8, 4) is 0 Å². The van der Waals surface area contributed by atoms with Crippen molar-refractivity contribution in [2.45, 2.75) is 26.3 Å². The maximum absolute atomic E-state index is 10.7. The number of nitrogens with zero attached hydrogens (tertiary/aromatic N) is 2. The molecule has 1 heterocycles. The number of aryl methyl sites for hydroxylation is 1. The highest BCUT2D eigenvalue weighted by Gasteiger charge is 2.12. The van der Waals surface area contributed by atoms with E-state index in [1.54, 1.807) is 6.92 Å². The van der Waals surface area contributed by atoms with Crippen LogP contribution < -0.4 is 5.32 Å². The van der Waals surface area contributed by atoms with Crippen molar-refractivity contribution in [3.63, 3.8) is 0 Å². The van der Waals surface area contributed by atoms with Crippen LogP contribution in [0.25, 0.3) is 0 Å². The fourth-order valence-electron chi connectivity index (χ4n) is 1.31. The summed E-state index contributed by atoms with van der Waals surface area (Å²) in [6.07, 6.45) is 2.04. The first-order valence-corrected chi connectivity index (χ1v) is 5.03. The molecule has 0 aliphatic heterocycles. The fourth-order valence-corrected chi connectivity index (χ4v) is 1.31. The molecule has 0 saturated carbocycles. The second-order valence-corrected chi connectivity index (χ2v) is 3.67. The van der Waals surface area contributed by atoms with Gasteiger partial charge >= 0.3 is 0 Å². The molecule has 1 aromatic heterocycles. The Morgan fingerprint density at radius 3 is 2.94 bits per heavy atom. The summed E-state index contributed by atoms with van der Waals surface area (Å²) >= 11 is 0. The van der Waals surface area contributed by atoms with E-state index in [0.717, 1.165) is 0 Å². The second-order valence-electron chi connectivity index (χ2n) is 3.67. The van der Waals surface area contributed by atoms with Gasteiger partial charge in [-0.2, -0.15) is 0 Å². The van der Waals surface area contributed by atoms with Crippen molar-refractivity contribution in [1.29, 1.82) is 0 Å². The van der Waals surface area contributed by atoms with Gasteiger partial charge in [0.05, 0.1) is 11.0 Å². The number of rotatable bonds is 5. The largest absolute Gasteiger partial charge is 0.396 e. The highest BCUT2D eigenvalue weighted by atomic mass is 16.6. The minimum absolute atomic E-state index is 0.0276. The number of aliphatic hydroxyl groups is 1. The summed E-state index contributed by atoms with van der Waals surface area (Å²) in [6.45, 7) is 3.60. The van der Waals surface area contributed by atoms with Crippen molar-refractivity contribution in [1.82, 2.24) is 4.98 Å². The van der Waals surface area contributed by atoms with Gasteiger partial charge in [0.15, 0.2) is 0 Å². The van der Waals surface area contributed by atoms with Crippen molar-refractivity contribution in [2.24, 2.45) is 0 Å². The molecule has 0 aliphatic carbocycles. The average Bonchev–Trinajstić information content (AvgIpc) is 2.21. The molecule has 0 aliphatic rings. The summed E-state index contributed by atoms with van der Waals surface area (Å²) in [4.78, 5) is 14.3. The Morgan fingerprint density at radius 2 is 2.38 bits per heavy atom. The van der Waals surface area contributed by atoms with Crippen LogP contribution in [0.2, 0.25) is 0 Å². The molecule has 1 aromatic rings. The Hall–Kier alpha value is -1.69. The topological polar surface area (TPSA) is 88.3 Å². The van der Waals surface area contributed by atoms with Crippen LogP contribution in [0.4, 0.5) is 11.5 Å². The Labute approximate surface area is 93.5 Å². The maximum atomic E-state index is 10.7. The summed E-state index contributed by atoms with van der Waals surface area (Å²) in [5.74, 6) is 0.457. The van der Waals surface area contributed by atoms with Crippen molar-refractivity contribution in [2.75, 3.05) is 11.9 Å². The molecule has 6 nitrogen and oxygen atoms in total. The summed E-state index contributed by atoms with van der Waals surface area (Å²) in [5, 5.41) is 22.4. The third-order valence-corrected chi connectivity index (χ3v) is 2.23. The van der Waals surface area contributed by atoms with E-state index < -0.39 is 4.92 Å². The molecule has 0 amide bonds. The first kappa shape index (κ1) is 12.4. The molecule has 1 rings (SSSR count). The molecule has 0 aromatic carbocycles. The van der Waals surface area contributed by atoms with Gasteiger partial charge in [0.25, 0.3) is 5.69 Å². The number of aliphatic hydroxyl groups excluding tert-OH is 1. The molecule has 16 heavy (non-hydrogen) atoms. The van der Waals surface area contributed by atoms with E-state index in [4.69, 9.17) is 5.11 Å². The molecule has 0 saturated heterocycles. The third-order valence-electron chi connectivity index (χ3n) is 2.23. The quantitative estimate of drug-likeness (QED) is 0.585. The van der Waals surface area contributed by atoms with Crippen LogP contribution in [-0.4, -0.2) is 27.7 Å². The van der Waals surface area contributed by atoms with Gasteiger partial charge in [0.1, 0.15) is 5.82 Å². The van der Waals surface area contributed by atoms with Gasteiger partial charge in [-0.1, -0.05) is 0 Å². The minimum atomic E-state index is -0.432. The van der Waals surface area contributed by atoms with E-state index in [9.17, 15) is 10.1 Å². The Kier molecular flexibility index (Phi) is 4.19. The van der Waals surface area contributed by atoms with E-state index in [1.807, 2.05) is 6.92 Å². The summed E-state index contributed by atoms with van der Waals surface area (Å²) in [6, 6.07) is 1.43. The molecule has 0 radical (unpaired) electrons. The van der Waals surface area contributed by atoms with Crippen molar-refractivity contribution < 1.29 is 10.0 Å². The van der Waals surface area contributed by atoms with Gasteiger partial charge in [-0.25, -0.2) is 4.98 Å². The number of nitrogens with one attached hydrogen (secondary N) is 1. The molecule has 0 fully saturated rings. The van der Waals surface area contributed by atoms with E-state index >= 15 is 0 Å². The molecular formula is C10H15N3O3. The lowest BCUT2D eigenvalue weighted by atomic mass is 10.2. The van der Waals surface area contributed by atoms with Crippen LogP contribution in [-0.2, 0) is 0 Å². The summed E-state index contributed by atoms with van der Waals surface area (Å²) < 4.78 is 0. The number of anilines is 1. The van der Waals surface area contributed by atoms with E-state index in [2.05, 4.69) is 10.3 Å². The lowest BCUT2D eigenvalue weighted by Gasteiger charge is -2.12. The van der Waals surface area contributed by atoms with Gasteiger partial charge in [-0.3, -0.25) is 10.1 Å². The summed E-state index contributed by atoms with van der Waals surface area (Å²) in [7, 11) is 0. The predicted octanol–water partition coefficient (Wildman–Crippen LogP) is 1.48. The van der Waals surface area contributed by atoms with E-state index in [-0.39, 0.29) is 18.3 Å². The van der Waals surface area contributed by atoms with Gasteiger partial charge in [-0.05, 0) is 20.3 Å². The smallest absolute Gasteiger partial charge is 0.277 e. The number of pyridine rings is 1. The Balaban J connectivity index is 2.82. The molecule has 88 valence electrons. The Bertz CT molecular complexity index is 382. The molecule has 1 unspecified atom stereocenters. The van der Waals surface area contributed by atoms with Crippen LogP contribution >= 0.6 is 0 Å². The van der Waals surface area contributed by atoms with Crippen LogP contribution in [0.5, 0.6) is 0 Å². The van der Waals surface area contributed by atoms with Crippen molar-refractivity contribution in [3.05, 3.63) is 27.9 Å². The lowest BCUT2D eigenvalue weighted by molar-refractivity contribution is -0.385. The number of hydrogen-bond donors (Lipinski definition) is 2. The zero-order valence-electron chi connectivity index (χ0n) is 9.30. The molecule has 6 heteroatoms. The highest BCUT2D eigenvalue weighted by Crippen LogP contribution is 2.20. The van der Waals surface area contributed by atoms with Gasteiger partial charge in [-0.15, -0.1) is 0 Å². The molecule has 2 N–H and O–H groups in total. The lowest BCUT2D eigenvalue weighted by Crippen LogP contribution is -2.17. The predicted molar refractivity (Wildman–Crippen MR) is 60.4 cm³/mol. The number of hydrogen-bond acceptors (Lipinski definition) is 5. The van der Waals surface area contributed by atoms with Gasteiger partial charge in [0, 0.05) is 24.4 Å². The molecule has 0 spiro atoms. The zero-order valence-corrected chi connectivity index (χ0v) is 9.30. The second kappa shape index (κ2) is 5.41. The van der Waals surface area contributed by atoms with Gasteiger partial charge in [0.2, 0.25) is 0 Å². The standard InChI is InChI=1S/C10H15N3O3/c1-7-6-11-10(5-9(7)13(15)16)12-8(2)3-4-14/h5-6,8,14H,3-4H2,1-2H3,(H,11,12). The van der Waals surface area contributed by atoms with E-state index in [1.165, 1.54) is 12.3 Å². The van der Waals surface area contributed by atoms with Gasteiger partial charge < -0.3 is 10.4 Å². The molecular weight excluding hydrogens is 210 g/mol. The third kappa shape index (κ3) is 3.16. The Morgan fingerprint density at radius 1 is 1.69 bits per heavy atom. The molecule has 1 atom stereocenters. The highest BCUT2D eigenvalue weighted by molar-refractivity contribution is 5.49. The summed E-state index contributed by atoms with van der Waals surface area (Å²) in [5.41, 5.74) is 0.582. The SMILES string of the molecule is Cc1cnc(NC(C)CCO)cc1[N+](=O)[O-]. The fraction of sp³-hybridized carbons (Fsp3) is 0.500. The maximum Gasteiger partial charge on any atom is 0.277 e. The number of aromatic nitrogens is 1. The number of nitro groups is 1. The first-order valence-electron chi connectivity index (χ1n) is 5.03. The average molecular weight is 225 g/mol. The zero-order chi connectivity index (χ0) is 12.1. The first-order chi connectivity index (χ1) is 7.54. The monoisotopic (exact) mass is 225 g/mol. The van der Waals surface area contributed by atoms with Crippen LogP contribution in [0.1, 0.15) is 18.9 Å². The van der Waals surface area contributed by atoms with Crippen LogP contribution in [0.3, 0.4) is 0 Å². The normalized spacial score (nSPS) is 12.2. The minimum Gasteiger partial charge on any atom is -0.396 e. The van der Waals surface area contributed by atoms with Crippen LogP contribution in [0, 0.1) is 17.0 Å². The van der Waals surface area contributed by atoms with Crippen LogP contribution in [0.15, 0.2) is 12.3 Å². The van der Waals surface area contributed by atoms with E-state index in [0.29, 0.717) is 17.8 Å². The molecule has 0 bridgehead atoms.